The molecule has 0 spiro atoms. The Kier molecular flexibility index (Phi) is 5.78. The van der Waals surface area contributed by atoms with Gasteiger partial charge in [0.15, 0.2) is 0 Å². The molecule has 28 heavy (non-hydrogen) atoms. The fourth-order valence-electron chi connectivity index (χ4n) is 3.09. The first-order valence-corrected chi connectivity index (χ1v) is 9.25. The zero-order valence-electron chi connectivity index (χ0n) is 16.7. The van der Waals surface area contributed by atoms with Gasteiger partial charge in [0.1, 0.15) is 12.7 Å². The molecule has 0 amide bonds. The van der Waals surface area contributed by atoms with Gasteiger partial charge >= 0.3 is 5.97 Å². The van der Waals surface area contributed by atoms with Gasteiger partial charge in [-0.25, -0.2) is 14.5 Å². The van der Waals surface area contributed by atoms with Crippen LogP contribution in [-0.2, 0) is 4.74 Å². The molecule has 0 aliphatic rings. The van der Waals surface area contributed by atoms with E-state index in [9.17, 15) is 4.79 Å². The third-order valence-electron chi connectivity index (χ3n) is 4.45. The van der Waals surface area contributed by atoms with Gasteiger partial charge in [-0.15, -0.1) is 0 Å². The SMILES string of the molecule is COC(=O)c1ccc(Nc2ccc(C(CC(C)(C)C)n3cncn3)cc2)cc1. The van der Waals surface area contributed by atoms with Crippen molar-refractivity contribution in [2.24, 2.45) is 5.41 Å². The molecule has 1 atom stereocenters. The van der Waals surface area contributed by atoms with E-state index in [-0.39, 0.29) is 17.4 Å². The first-order valence-electron chi connectivity index (χ1n) is 9.25. The van der Waals surface area contributed by atoms with Gasteiger partial charge in [0.05, 0.1) is 18.7 Å². The second kappa shape index (κ2) is 8.25. The van der Waals surface area contributed by atoms with Gasteiger partial charge < -0.3 is 10.1 Å². The summed E-state index contributed by atoms with van der Waals surface area (Å²) >= 11 is 0. The molecule has 1 heterocycles. The Morgan fingerprint density at radius 3 is 2.18 bits per heavy atom. The average Bonchev–Trinajstić information content (AvgIpc) is 3.21. The number of nitrogens with one attached hydrogen (secondary N) is 1. The maximum Gasteiger partial charge on any atom is 0.337 e. The van der Waals surface area contributed by atoms with Gasteiger partial charge in [-0.05, 0) is 53.8 Å². The third kappa shape index (κ3) is 4.97. The van der Waals surface area contributed by atoms with Crippen LogP contribution in [0.3, 0.4) is 0 Å². The number of aromatic nitrogens is 3. The van der Waals surface area contributed by atoms with Gasteiger partial charge in [-0.1, -0.05) is 32.9 Å². The molecule has 0 aliphatic carbocycles. The number of anilines is 2. The van der Waals surface area contributed by atoms with Gasteiger partial charge in [0.2, 0.25) is 0 Å². The second-order valence-corrected chi connectivity index (χ2v) is 7.97. The molecular formula is C22H26N4O2. The summed E-state index contributed by atoms with van der Waals surface area (Å²) in [5, 5.41) is 7.70. The van der Waals surface area contributed by atoms with Gasteiger partial charge in [0, 0.05) is 11.4 Å². The molecule has 0 fully saturated rings. The van der Waals surface area contributed by atoms with Crippen molar-refractivity contribution in [1.29, 1.82) is 0 Å². The van der Waals surface area contributed by atoms with Crippen LogP contribution in [0, 0.1) is 5.41 Å². The molecule has 0 saturated carbocycles. The lowest BCUT2D eigenvalue weighted by atomic mass is 9.85. The fourth-order valence-corrected chi connectivity index (χ4v) is 3.09. The summed E-state index contributed by atoms with van der Waals surface area (Å²) in [6.07, 6.45) is 4.30. The Labute approximate surface area is 165 Å². The molecule has 3 rings (SSSR count). The van der Waals surface area contributed by atoms with Crippen molar-refractivity contribution in [1.82, 2.24) is 14.8 Å². The summed E-state index contributed by atoms with van der Waals surface area (Å²) < 4.78 is 6.64. The van der Waals surface area contributed by atoms with Crippen molar-refractivity contribution in [3.63, 3.8) is 0 Å². The zero-order valence-corrected chi connectivity index (χ0v) is 16.7. The molecule has 0 radical (unpaired) electrons. The van der Waals surface area contributed by atoms with Crippen LogP contribution in [0.15, 0.2) is 61.2 Å². The molecule has 2 aromatic carbocycles. The first-order chi connectivity index (χ1) is 13.4. The normalized spacial score (nSPS) is 12.4. The van der Waals surface area contributed by atoms with E-state index >= 15 is 0 Å². The minimum Gasteiger partial charge on any atom is -0.465 e. The van der Waals surface area contributed by atoms with Crippen LogP contribution in [-0.4, -0.2) is 27.8 Å². The Morgan fingerprint density at radius 2 is 1.68 bits per heavy atom. The Morgan fingerprint density at radius 1 is 1.07 bits per heavy atom. The van der Waals surface area contributed by atoms with Crippen LogP contribution in [0.2, 0.25) is 0 Å². The Hall–Kier alpha value is -3.15. The third-order valence-corrected chi connectivity index (χ3v) is 4.45. The molecule has 146 valence electrons. The summed E-state index contributed by atoms with van der Waals surface area (Å²) in [4.78, 5) is 15.6. The summed E-state index contributed by atoms with van der Waals surface area (Å²) in [5.74, 6) is -0.339. The number of hydrogen-bond acceptors (Lipinski definition) is 5. The molecule has 0 saturated heterocycles. The maximum atomic E-state index is 11.5. The van der Waals surface area contributed by atoms with Crippen molar-refractivity contribution < 1.29 is 9.53 Å². The van der Waals surface area contributed by atoms with E-state index in [0.717, 1.165) is 17.8 Å². The van der Waals surface area contributed by atoms with E-state index in [1.807, 2.05) is 16.8 Å². The number of hydrogen-bond donors (Lipinski definition) is 1. The van der Waals surface area contributed by atoms with E-state index in [4.69, 9.17) is 4.74 Å². The Bertz CT molecular complexity index is 895. The van der Waals surface area contributed by atoms with Gasteiger partial charge in [-0.3, -0.25) is 0 Å². The monoisotopic (exact) mass is 378 g/mol. The minimum absolute atomic E-state index is 0.135. The molecular weight excluding hydrogens is 352 g/mol. The van der Waals surface area contributed by atoms with Crippen LogP contribution < -0.4 is 5.32 Å². The van der Waals surface area contributed by atoms with Crippen LogP contribution >= 0.6 is 0 Å². The highest BCUT2D eigenvalue weighted by molar-refractivity contribution is 5.89. The van der Waals surface area contributed by atoms with Gasteiger partial charge in [0.25, 0.3) is 0 Å². The maximum absolute atomic E-state index is 11.5. The molecule has 1 unspecified atom stereocenters. The van der Waals surface area contributed by atoms with Crippen molar-refractivity contribution in [3.05, 3.63) is 72.3 Å². The molecule has 6 heteroatoms. The van der Waals surface area contributed by atoms with E-state index in [1.165, 1.54) is 12.7 Å². The van der Waals surface area contributed by atoms with Crippen LogP contribution in [0.25, 0.3) is 0 Å². The van der Waals surface area contributed by atoms with Crippen molar-refractivity contribution >= 4 is 17.3 Å². The summed E-state index contributed by atoms with van der Waals surface area (Å²) in [7, 11) is 1.38. The summed E-state index contributed by atoms with van der Waals surface area (Å²) in [5.41, 5.74) is 3.76. The van der Waals surface area contributed by atoms with E-state index in [1.54, 1.807) is 24.8 Å². The van der Waals surface area contributed by atoms with Crippen LogP contribution in [0.5, 0.6) is 0 Å². The summed E-state index contributed by atoms with van der Waals surface area (Å²) in [6.45, 7) is 6.68. The lowest BCUT2D eigenvalue weighted by molar-refractivity contribution is 0.0601. The number of esters is 1. The number of ether oxygens (including phenoxy) is 1. The van der Waals surface area contributed by atoms with E-state index < -0.39 is 0 Å². The number of benzene rings is 2. The number of nitrogens with zero attached hydrogens (tertiary/aromatic N) is 3. The molecule has 0 bridgehead atoms. The zero-order chi connectivity index (χ0) is 20.1. The average molecular weight is 378 g/mol. The quantitative estimate of drug-likeness (QED) is 0.622. The van der Waals surface area contributed by atoms with Gasteiger partial charge in [-0.2, -0.15) is 5.10 Å². The lowest BCUT2D eigenvalue weighted by Crippen LogP contribution is -2.19. The lowest BCUT2D eigenvalue weighted by Gasteiger charge is -2.26. The molecule has 1 aromatic heterocycles. The van der Waals surface area contributed by atoms with Crippen molar-refractivity contribution in [3.8, 4) is 0 Å². The van der Waals surface area contributed by atoms with Crippen LogP contribution in [0.1, 0.15) is 49.2 Å². The minimum atomic E-state index is -0.339. The number of carbonyl (C=O) groups is 1. The standard InChI is InChI=1S/C22H26N4O2/c1-22(2,3)13-20(26-15-23-14-24-26)16-5-9-18(10-6-16)25-19-11-7-17(8-12-19)21(27)28-4/h5-12,14-15,20,25H,13H2,1-4H3. The van der Waals surface area contributed by atoms with Crippen molar-refractivity contribution in [2.45, 2.75) is 33.2 Å². The highest BCUT2D eigenvalue weighted by Gasteiger charge is 2.22. The molecule has 3 aromatic rings. The predicted molar refractivity (Wildman–Crippen MR) is 110 cm³/mol. The highest BCUT2D eigenvalue weighted by Crippen LogP contribution is 2.32. The molecule has 6 nitrogen and oxygen atoms in total. The topological polar surface area (TPSA) is 69.0 Å². The number of rotatable bonds is 6. The fraction of sp³-hybridized carbons (Fsp3) is 0.318. The highest BCUT2D eigenvalue weighted by atomic mass is 16.5. The smallest absolute Gasteiger partial charge is 0.337 e. The molecule has 0 aliphatic heterocycles. The number of carbonyl (C=O) groups excluding carboxylic acids is 1. The number of methoxy groups -OCH3 is 1. The predicted octanol–water partition coefficient (Wildman–Crippen LogP) is 4.83. The summed E-state index contributed by atoms with van der Waals surface area (Å²) in [6, 6.07) is 15.7. The Balaban J connectivity index is 1.75. The van der Waals surface area contributed by atoms with E-state index in [0.29, 0.717) is 5.56 Å². The largest absolute Gasteiger partial charge is 0.465 e. The molecule has 1 N–H and O–H groups in total. The van der Waals surface area contributed by atoms with E-state index in [2.05, 4.69) is 60.4 Å². The van der Waals surface area contributed by atoms with Crippen LogP contribution in [0.4, 0.5) is 11.4 Å². The first kappa shape index (κ1) is 19.6. The van der Waals surface area contributed by atoms with Crippen molar-refractivity contribution in [2.75, 3.05) is 12.4 Å². The second-order valence-electron chi connectivity index (χ2n) is 7.97.